The Morgan fingerprint density at radius 3 is 2.74 bits per heavy atom. The minimum atomic E-state index is -0.0636. The SMILES string of the molecule is CN1NC2(CCN(c3ncccc3N)CC2)CC1=O. The first-order chi connectivity index (χ1) is 9.10. The lowest BCUT2D eigenvalue weighted by Crippen LogP contribution is -2.52. The summed E-state index contributed by atoms with van der Waals surface area (Å²) in [7, 11) is 1.79. The van der Waals surface area contributed by atoms with Gasteiger partial charge < -0.3 is 10.6 Å². The number of carbonyl (C=O) groups excluding carboxylic acids is 1. The van der Waals surface area contributed by atoms with E-state index < -0.39 is 0 Å². The molecule has 1 amide bonds. The van der Waals surface area contributed by atoms with Gasteiger partial charge in [0, 0.05) is 38.3 Å². The molecule has 102 valence electrons. The number of rotatable bonds is 1. The van der Waals surface area contributed by atoms with Crippen molar-refractivity contribution < 1.29 is 4.79 Å². The van der Waals surface area contributed by atoms with Crippen molar-refractivity contribution in [2.75, 3.05) is 30.8 Å². The first-order valence-corrected chi connectivity index (χ1v) is 6.59. The topological polar surface area (TPSA) is 74.5 Å². The summed E-state index contributed by atoms with van der Waals surface area (Å²) < 4.78 is 0. The van der Waals surface area contributed by atoms with Crippen molar-refractivity contribution in [1.82, 2.24) is 15.4 Å². The van der Waals surface area contributed by atoms with Crippen LogP contribution in [0.1, 0.15) is 19.3 Å². The van der Waals surface area contributed by atoms with Crippen LogP contribution in [0.4, 0.5) is 11.5 Å². The van der Waals surface area contributed by atoms with Crippen LogP contribution in [0, 0.1) is 0 Å². The highest BCUT2D eigenvalue weighted by molar-refractivity contribution is 5.79. The summed E-state index contributed by atoms with van der Waals surface area (Å²) in [4.78, 5) is 18.2. The van der Waals surface area contributed by atoms with Gasteiger partial charge in [-0.25, -0.2) is 10.4 Å². The summed E-state index contributed by atoms with van der Waals surface area (Å²) in [5.74, 6) is 1.03. The second kappa shape index (κ2) is 4.38. The fraction of sp³-hybridized carbons (Fsp3) is 0.538. The van der Waals surface area contributed by atoms with Crippen molar-refractivity contribution >= 4 is 17.4 Å². The number of anilines is 2. The van der Waals surface area contributed by atoms with Crippen molar-refractivity contribution in [2.45, 2.75) is 24.8 Å². The third kappa shape index (κ3) is 2.12. The molecule has 0 saturated carbocycles. The molecule has 1 aromatic heterocycles. The normalized spacial score (nSPS) is 22.3. The van der Waals surface area contributed by atoms with E-state index in [4.69, 9.17) is 5.73 Å². The minimum absolute atomic E-state index is 0.0636. The molecule has 19 heavy (non-hydrogen) atoms. The number of nitrogens with one attached hydrogen (secondary N) is 1. The summed E-state index contributed by atoms with van der Waals surface area (Å²) in [5, 5.41) is 1.62. The quantitative estimate of drug-likeness (QED) is 0.764. The highest BCUT2D eigenvalue weighted by atomic mass is 16.2. The van der Waals surface area contributed by atoms with Crippen LogP contribution < -0.4 is 16.1 Å². The summed E-state index contributed by atoms with van der Waals surface area (Å²) >= 11 is 0. The molecule has 6 nitrogen and oxygen atoms in total. The van der Waals surface area contributed by atoms with Crippen molar-refractivity contribution in [3.05, 3.63) is 18.3 Å². The number of nitrogens with zero attached hydrogens (tertiary/aromatic N) is 3. The van der Waals surface area contributed by atoms with E-state index in [1.807, 2.05) is 12.1 Å². The molecule has 1 spiro atoms. The largest absolute Gasteiger partial charge is 0.396 e. The zero-order chi connectivity index (χ0) is 13.5. The van der Waals surface area contributed by atoms with Gasteiger partial charge in [0.15, 0.2) is 5.82 Å². The highest BCUT2D eigenvalue weighted by Crippen LogP contribution is 2.33. The monoisotopic (exact) mass is 261 g/mol. The number of amides is 1. The van der Waals surface area contributed by atoms with Crippen LogP contribution >= 0.6 is 0 Å². The van der Waals surface area contributed by atoms with E-state index in [0.29, 0.717) is 12.1 Å². The zero-order valence-corrected chi connectivity index (χ0v) is 11.1. The molecule has 0 radical (unpaired) electrons. The zero-order valence-electron chi connectivity index (χ0n) is 11.1. The number of hydrogen-bond acceptors (Lipinski definition) is 5. The summed E-state index contributed by atoms with van der Waals surface area (Å²) in [5.41, 5.74) is 9.92. The first kappa shape index (κ1) is 12.2. The maximum absolute atomic E-state index is 11.7. The Labute approximate surface area is 112 Å². The molecule has 3 rings (SSSR count). The Balaban J connectivity index is 1.71. The first-order valence-electron chi connectivity index (χ1n) is 6.59. The lowest BCUT2D eigenvalue weighted by Gasteiger charge is -2.39. The van der Waals surface area contributed by atoms with E-state index in [1.54, 1.807) is 18.3 Å². The van der Waals surface area contributed by atoms with Crippen LogP contribution in [-0.4, -0.2) is 41.6 Å². The molecule has 3 N–H and O–H groups in total. The van der Waals surface area contributed by atoms with Crippen LogP contribution in [-0.2, 0) is 4.79 Å². The van der Waals surface area contributed by atoms with Gasteiger partial charge in [-0.3, -0.25) is 9.80 Å². The van der Waals surface area contributed by atoms with Gasteiger partial charge in [0.25, 0.3) is 0 Å². The molecule has 0 aromatic carbocycles. The molecule has 1 aromatic rings. The molecular weight excluding hydrogens is 242 g/mol. The Bertz CT molecular complexity index is 496. The van der Waals surface area contributed by atoms with Gasteiger partial charge in [-0.05, 0) is 25.0 Å². The lowest BCUT2D eigenvalue weighted by atomic mass is 9.86. The number of aromatic nitrogens is 1. The Morgan fingerprint density at radius 1 is 1.42 bits per heavy atom. The predicted octanol–water partition coefficient (Wildman–Crippen LogP) is 0.369. The standard InChI is InChI=1S/C13H19N5O/c1-17-11(19)9-13(16-17)4-7-18(8-5-13)12-10(14)3-2-6-15-12/h2-3,6,16H,4-5,7-9,14H2,1H3. The average molecular weight is 261 g/mol. The molecule has 2 aliphatic rings. The fourth-order valence-corrected chi connectivity index (χ4v) is 2.97. The third-order valence-corrected chi connectivity index (χ3v) is 4.11. The van der Waals surface area contributed by atoms with Gasteiger partial charge in [-0.1, -0.05) is 0 Å². The molecule has 2 fully saturated rings. The average Bonchev–Trinajstić information content (AvgIpc) is 2.67. The molecule has 3 heterocycles. The summed E-state index contributed by atoms with van der Waals surface area (Å²) in [6.07, 6.45) is 4.22. The number of piperidine rings is 1. The van der Waals surface area contributed by atoms with E-state index in [-0.39, 0.29) is 11.4 Å². The van der Waals surface area contributed by atoms with Crippen LogP contribution in [0.5, 0.6) is 0 Å². The molecule has 0 atom stereocenters. The van der Waals surface area contributed by atoms with Gasteiger partial charge in [0.1, 0.15) is 0 Å². The van der Waals surface area contributed by atoms with Gasteiger partial charge in [0.05, 0.1) is 5.69 Å². The van der Waals surface area contributed by atoms with Crippen molar-refractivity contribution in [3.63, 3.8) is 0 Å². The number of nitrogens with two attached hydrogens (primary N) is 1. The second-order valence-electron chi connectivity index (χ2n) is 5.42. The molecular formula is C13H19N5O. The van der Waals surface area contributed by atoms with Gasteiger partial charge in [0.2, 0.25) is 5.91 Å². The third-order valence-electron chi connectivity index (χ3n) is 4.11. The smallest absolute Gasteiger partial charge is 0.238 e. The maximum Gasteiger partial charge on any atom is 0.238 e. The van der Waals surface area contributed by atoms with Crippen molar-refractivity contribution in [2.24, 2.45) is 0 Å². The van der Waals surface area contributed by atoms with Crippen molar-refractivity contribution in [1.29, 1.82) is 0 Å². The number of hydrazine groups is 1. The molecule has 2 aliphatic heterocycles. The highest BCUT2D eigenvalue weighted by Gasteiger charge is 2.43. The van der Waals surface area contributed by atoms with E-state index in [0.717, 1.165) is 31.7 Å². The minimum Gasteiger partial charge on any atom is -0.396 e. The van der Waals surface area contributed by atoms with E-state index >= 15 is 0 Å². The summed E-state index contributed by atoms with van der Waals surface area (Å²) in [6, 6.07) is 3.72. The Morgan fingerprint density at radius 2 is 2.16 bits per heavy atom. The van der Waals surface area contributed by atoms with Crippen molar-refractivity contribution in [3.8, 4) is 0 Å². The van der Waals surface area contributed by atoms with Crippen LogP contribution in [0.15, 0.2) is 18.3 Å². The van der Waals surface area contributed by atoms with Crippen LogP contribution in [0.2, 0.25) is 0 Å². The number of hydrogen-bond donors (Lipinski definition) is 2. The number of nitrogen functional groups attached to an aromatic ring is 1. The van der Waals surface area contributed by atoms with E-state index in [2.05, 4.69) is 15.3 Å². The number of carbonyl (C=O) groups is 1. The van der Waals surface area contributed by atoms with Gasteiger partial charge in [-0.15, -0.1) is 0 Å². The second-order valence-corrected chi connectivity index (χ2v) is 5.42. The number of pyridine rings is 1. The molecule has 2 saturated heterocycles. The summed E-state index contributed by atoms with van der Waals surface area (Å²) in [6.45, 7) is 1.74. The van der Waals surface area contributed by atoms with Gasteiger partial charge >= 0.3 is 0 Å². The van der Waals surface area contributed by atoms with Crippen LogP contribution in [0.25, 0.3) is 0 Å². The fourth-order valence-electron chi connectivity index (χ4n) is 2.97. The maximum atomic E-state index is 11.7. The Hall–Kier alpha value is -1.82. The molecule has 0 bridgehead atoms. The van der Waals surface area contributed by atoms with E-state index in [9.17, 15) is 4.79 Å². The molecule has 0 unspecified atom stereocenters. The Kier molecular flexibility index (Phi) is 2.82. The predicted molar refractivity (Wildman–Crippen MR) is 73.4 cm³/mol. The lowest BCUT2D eigenvalue weighted by molar-refractivity contribution is -0.128. The molecule has 6 heteroatoms. The van der Waals surface area contributed by atoms with Crippen LogP contribution in [0.3, 0.4) is 0 Å². The van der Waals surface area contributed by atoms with E-state index in [1.165, 1.54) is 0 Å². The van der Waals surface area contributed by atoms with Gasteiger partial charge in [-0.2, -0.15) is 0 Å². The molecule has 0 aliphatic carbocycles.